The van der Waals surface area contributed by atoms with Crippen LogP contribution >= 0.6 is 0 Å². The summed E-state index contributed by atoms with van der Waals surface area (Å²) in [6, 6.07) is 7.95. The summed E-state index contributed by atoms with van der Waals surface area (Å²) >= 11 is 0. The van der Waals surface area contributed by atoms with E-state index in [1.54, 1.807) is 16.9 Å². The number of Topliss-reactive ketones (excluding diaryl/α,β-unsaturated/α-hetero) is 1. The average Bonchev–Trinajstić information content (AvgIpc) is 3.30. The van der Waals surface area contributed by atoms with Gasteiger partial charge in [0, 0.05) is 36.8 Å². The van der Waals surface area contributed by atoms with Crippen LogP contribution in [0.4, 0.5) is 5.82 Å². The number of aliphatic hydroxyl groups is 2. The topological polar surface area (TPSA) is 124 Å². The smallest absolute Gasteiger partial charge is 0.162 e. The van der Waals surface area contributed by atoms with Gasteiger partial charge in [-0.05, 0) is 42.4 Å². The fourth-order valence-corrected chi connectivity index (χ4v) is 4.72. The van der Waals surface area contributed by atoms with E-state index in [2.05, 4.69) is 23.0 Å². The molecule has 0 unspecified atom stereocenters. The third kappa shape index (κ3) is 5.35. The predicted octanol–water partition coefficient (Wildman–Crippen LogP) is 3.22. The maximum Gasteiger partial charge on any atom is 0.162 e. The van der Waals surface area contributed by atoms with Gasteiger partial charge in [0.25, 0.3) is 0 Å². The molecule has 0 aliphatic carbocycles. The molecular weight excluding hydrogens is 458 g/mol. The number of hydrogen-bond acceptors (Lipinski definition) is 8. The summed E-state index contributed by atoms with van der Waals surface area (Å²) in [5.41, 5.74) is 2.60. The van der Waals surface area contributed by atoms with E-state index in [-0.39, 0.29) is 30.3 Å². The fraction of sp³-hybridized carbons (Fsp3) is 0.481. The first kappa shape index (κ1) is 25.6. The lowest BCUT2D eigenvalue weighted by atomic mass is 9.75. The summed E-state index contributed by atoms with van der Waals surface area (Å²) < 4.78 is 7.21. The number of rotatable bonds is 9. The molecule has 9 heteroatoms. The number of piperidine rings is 1. The SMILES string of the molecule is CC(C)[C@@H](O)C(=O)CC1(C)CCN(c2ccc(-c3cc(OCCO)cn4ncc(C#N)c34)cn2)CC1. The largest absolute Gasteiger partial charge is 0.490 e. The summed E-state index contributed by atoms with van der Waals surface area (Å²) in [5, 5.41) is 33.1. The molecule has 1 aliphatic heterocycles. The number of anilines is 1. The highest BCUT2D eigenvalue weighted by molar-refractivity contribution is 5.85. The van der Waals surface area contributed by atoms with Crippen LogP contribution in [0.15, 0.2) is 36.8 Å². The number of ether oxygens (including phenoxy) is 1. The Morgan fingerprint density at radius 3 is 2.64 bits per heavy atom. The monoisotopic (exact) mass is 491 g/mol. The molecule has 3 aromatic heterocycles. The van der Waals surface area contributed by atoms with Crippen LogP contribution in [0, 0.1) is 22.7 Å². The molecule has 190 valence electrons. The zero-order valence-corrected chi connectivity index (χ0v) is 21.0. The van der Waals surface area contributed by atoms with Crippen LogP contribution in [-0.4, -0.2) is 63.0 Å². The van der Waals surface area contributed by atoms with E-state index in [0.717, 1.165) is 42.9 Å². The number of nitrogens with zero attached hydrogens (tertiary/aromatic N) is 5. The first-order valence-electron chi connectivity index (χ1n) is 12.3. The number of aromatic nitrogens is 3. The normalized spacial score (nSPS) is 16.2. The molecule has 1 atom stereocenters. The number of aliphatic hydroxyl groups excluding tert-OH is 2. The molecule has 2 N–H and O–H groups in total. The van der Waals surface area contributed by atoms with Crippen LogP contribution in [-0.2, 0) is 4.79 Å². The number of fused-ring (bicyclic) bond motifs is 1. The van der Waals surface area contributed by atoms with Crippen LogP contribution in [0.1, 0.15) is 45.6 Å². The standard InChI is InChI=1S/C27H33N5O4/c1-18(2)26(35)23(34)13-27(3)6-8-31(9-7-27)24-5-4-19(15-29-24)22-12-21(36-11-10-33)17-32-25(22)20(14-28)16-30-32/h4-5,12,15-18,26,33,35H,6-11,13H2,1-3H3/t26-/m1/s1. The Labute approximate surface area is 210 Å². The fourth-order valence-electron chi connectivity index (χ4n) is 4.72. The summed E-state index contributed by atoms with van der Waals surface area (Å²) in [5.74, 6) is 1.25. The van der Waals surface area contributed by atoms with Crippen LogP contribution in [0.25, 0.3) is 16.6 Å². The maximum atomic E-state index is 12.5. The van der Waals surface area contributed by atoms with Crippen molar-refractivity contribution in [2.24, 2.45) is 11.3 Å². The first-order chi connectivity index (χ1) is 17.2. The zero-order chi connectivity index (χ0) is 25.9. The molecule has 0 bridgehead atoms. The molecule has 0 radical (unpaired) electrons. The highest BCUT2D eigenvalue weighted by Gasteiger charge is 2.34. The lowest BCUT2D eigenvalue weighted by molar-refractivity contribution is -0.131. The summed E-state index contributed by atoms with van der Waals surface area (Å²) in [4.78, 5) is 19.4. The van der Waals surface area contributed by atoms with Crippen molar-refractivity contribution in [2.45, 2.75) is 46.1 Å². The summed E-state index contributed by atoms with van der Waals surface area (Å²) in [7, 11) is 0. The van der Waals surface area contributed by atoms with Crippen molar-refractivity contribution in [1.29, 1.82) is 5.26 Å². The van der Waals surface area contributed by atoms with Gasteiger partial charge in [-0.1, -0.05) is 20.8 Å². The second-order valence-electron chi connectivity index (χ2n) is 10.2. The molecule has 0 spiro atoms. The van der Waals surface area contributed by atoms with Gasteiger partial charge in [0.05, 0.1) is 30.1 Å². The molecule has 4 rings (SSSR count). The third-order valence-corrected chi connectivity index (χ3v) is 6.98. The Hall–Kier alpha value is -3.48. The molecule has 3 aromatic rings. The molecule has 9 nitrogen and oxygen atoms in total. The van der Waals surface area contributed by atoms with E-state index in [0.29, 0.717) is 23.3 Å². The van der Waals surface area contributed by atoms with E-state index >= 15 is 0 Å². The van der Waals surface area contributed by atoms with Gasteiger partial charge in [-0.3, -0.25) is 4.79 Å². The van der Waals surface area contributed by atoms with Crippen LogP contribution in [0.3, 0.4) is 0 Å². The molecule has 0 amide bonds. The van der Waals surface area contributed by atoms with Crippen molar-refractivity contribution in [3.05, 3.63) is 42.4 Å². The zero-order valence-electron chi connectivity index (χ0n) is 21.0. The summed E-state index contributed by atoms with van der Waals surface area (Å²) in [6.45, 7) is 7.47. The minimum absolute atomic E-state index is 0.0705. The van der Waals surface area contributed by atoms with E-state index < -0.39 is 6.10 Å². The number of hydrogen-bond donors (Lipinski definition) is 2. The van der Waals surface area contributed by atoms with Gasteiger partial charge >= 0.3 is 0 Å². The number of carbonyl (C=O) groups excluding carboxylic acids is 1. The molecule has 1 fully saturated rings. The number of ketones is 1. The third-order valence-electron chi connectivity index (χ3n) is 6.98. The van der Waals surface area contributed by atoms with Crippen molar-refractivity contribution in [2.75, 3.05) is 31.2 Å². The second-order valence-corrected chi connectivity index (χ2v) is 10.2. The Kier molecular flexibility index (Phi) is 7.57. The number of pyridine rings is 2. The molecule has 1 saturated heterocycles. The molecule has 4 heterocycles. The highest BCUT2D eigenvalue weighted by atomic mass is 16.5. The van der Waals surface area contributed by atoms with Gasteiger partial charge < -0.3 is 19.8 Å². The molecule has 0 saturated carbocycles. The van der Waals surface area contributed by atoms with Gasteiger partial charge in [0.1, 0.15) is 30.3 Å². The van der Waals surface area contributed by atoms with E-state index in [9.17, 15) is 15.2 Å². The van der Waals surface area contributed by atoms with Gasteiger partial charge in [0.2, 0.25) is 0 Å². The maximum absolute atomic E-state index is 12.5. The van der Waals surface area contributed by atoms with E-state index in [1.807, 2.05) is 32.0 Å². The lowest BCUT2D eigenvalue weighted by Gasteiger charge is -2.40. The van der Waals surface area contributed by atoms with Crippen molar-refractivity contribution in [1.82, 2.24) is 14.6 Å². The number of nitriles is 1. The average molecular weight is 492 g/mol. The Morgan fingerprint density at radius 1 is 1.28 bits per heavy atom. The molecule has 36 heavy (non-hydrogen) atoms. The van der Waals surface area contributed by atoms with Gasteiger partial charge in [-0.25, -0.2) is 9.50 Å². The minimum atomic E-state index is -0.898. The van der Waals surface area contributed by atoms with Crippen LogP contribution in [0.2, 0.25) is 0 Å². The Morgan fingerprint density at radius 2 is 2.03 bits per heavy atom. The number of carbonyl (C=O) groups is 1. The van der Waals surface area contributed by atoms with E-state index in [4.69, 9.17) is 14.8 Å². The molecular formula is C27H33N5O4. The predicted molar refractivity (Wildman–Crippen MR) is 136 cm³/mol. The van der Waals surface area contributed by atoms with Crippen LogP contribution in [0.5, 0.6) is 5.75 Å². The van der Waals surface area contributed by atoms with Crippen molar-refractivity contribution in [3.63, 3.8) is 0 Å². The first-order valence-corrected chi connectivity index (χ1v) is 12.3. The van der Waals surface area contributed by atoms with Gasteiger partial charge in [-0.15, -0.1) is 0 Å². The highest BCUT2D eigenvalue weighted by Crippen LogP contribution is 2.37. The quantitative estimate of drug-likeness (QED) is 0.468. The van der Waals surface area contributed by atoms with Crippen molar-refractivity contribution in [3.8, 4) is 22.9 Å². The lowest BCUT2D eigenvalue weighted by Crippen LogP contribution is -2.41. The van der Waals surface area contributed by atoms with Crippen molar-refractivity contribution < 1.29 is 19.7 Å². The minimum Gasteiger partial charge on any atom is -0.490 e. The summed E-state index contributed by atoms with van der Waals surface area (Å²) in [6.07, 6.45) is 6.18. The molecule has 0 aromatic carbocycles. The Balaban J connectivity index is 1.51. The second kappa shape index (κ2) is 10.6. The van der Waals surface area contributed by atoms with E-state index in [1.165, 1.54) is 6.20 Å². The van der Waals surface area contributed by atoms with Gasteiger partial charge in [-0.2, -0.15) is 10.4 Å². The van der Waals surface area contributed by atoms with Gasteiger partial charge in [0.15, 0.2) is 5.78 Å². The Bertz CT molecular complexity index is 1250. The molecule has 1 aliphatic rings. The van der Waals surface area contributed by atoms with Crippen LogP contribution < -0.4 is 9.64 Å². The van der Waals surface area contributed by atoms with Crippen molar-refractivity contribution >= 4 is 17.1 Å².